The van der Waals surface area contributed by atoms with Crippen molar-refractivity contribution in [3.8, 4) is 6.07 Å². The first kappa shape index (κ1) is 19.1. The lowest BCUT2D eigenvalue weighted by atomic mass is 9.71. The summed E-state index contributed by atoms with van der Waals surface area (Å²) in [6.45, 7) is 2.58. The van der Waals surface area contributed by atoms with Crippen LogP contribution < -0.4 is 15.5 Å². The second kappa shape index (κ2) is 6.96. The van der Waals surface area contributed by atoms with Gasteiger partial charge in [-0.15, -0.1) is 0 Å². The summed E-state index contributed by atoms with van der Waals surface area (Å²) in [6, 6.07) is 5.71. The third-order valence-electron chi connectivity index (χ3n) is 6.28. The molecule has 150 valence electrons. The predicted molar refractivity (Wildman–Crippen MR) is 97.6 cm³/mol. The van der Waals surface area contributed by atoms with Crippen molar-refractivity contribution in [2.24, 2.45) is 11.3 Å². The zero-order valence-electron chi connectivity index (χ0n) is 15.5. The number of anilines is 1. The van der Waals surface area contributed by atoms with Crippen molar-refractivity contribution in [3.05, 3.63) is 29.3 Å². The van der Waals surface area contributed by atoms with Crippen LogP contribution in [0.3, 0.4) is 0 Å². The standard InChI is InChI=1S/C20H23F3N4O/c21-20(22,23)16-9-15(4-1-13(16)10-24)27-11-17(18(28)26-14-2-3-14)19(12-27)5-7-25-8-6-19/h1,4,9,14,17,25H,2-3,5-8,11-12H2,(H,26,28). The van der Waals surface area contributed by atoms with E-state index >= 15 is 0 Å². The summed E-state index contributed by atoms with van der Waals surface area (Å²) in [5.74, 6) is -0.211. The SMILES string of the molecule is N#Cc1ccc(N2CC(C(=O)NC3CC3)C3(CCNCC3)C2)cc1C(F)(F)F. The van der Waals surface area contributed by atoms with E-state index in [2.05, 4.69) is 10.6 Å². The highest BCUT2D eigenvalue weighted by Crippen LogP contribution is 2.46. The Balaban J connectivity index is 1.63. The highest BCUT2D eigenvalue weighted by atomic mass is 19.4. The normalized spacial score (nSPS) is 24.2. The largest absolute Gasteiger partial charge is 0.417 e. The molecule has 28 heavy (non-hydrogen) atoms. The molecule has 0 aromatic heterocycles. The van der Waals surface area contributed by atoms with Gasteiger partial charge >= 0.3 is 6.18 Å². The van der Waals surface area contributed by atoms with Gasteiger partial charge in [0, 0.05) is 30.2 Å². The molecule has 2 saturated heterocycles. The molecule has 1 spiro atoms. The van der Waals surface area contributed by atoms with E-state index < -0.39 is 11.7 Å². The zero-order chi connectivity index (χ0) is 19.9. The Bertz CT molecular complexity index is 807. The van der Waals surface area contributed by atoms with Gasteiger partial charge in [0.1, 0.15) is 0 Å². The lowest BCUT2D eigenvalue weighted by Gasteiger charge is -2.37. The van der Waals surface area contributed by atoms with E-state index in [0.717, 1.165) is 44.8 Å². The molecule has 1 aromatic rings. The first-order valence-electron chi connectivity index (χ1n) is 9.70. The first-order chi connectivity index (χ1) is 13.3. The minimum Gasteiger partial charge on any atom is -0.370 e. The van der Waals surface area contributed by atoms with Gasteiger partial charge < -0.3 is 15.5 Å². The summed E-state index contributed by atoms with van der Waals surface area (Å²) in [4.78, 5) is 14.8. The van der Waals surface area contributed by atoms with Crippen LogP contribution in [0.15, 0.2) is 18.2 Å². The summed E-state index contributed by atoms with van der Waals surface area (Å²) in [5.41, 5.74) is -1.10. The molecule has 8 heteroatoms. The highest BCUT2D eigenvalue weighted by Gasteiger charge is 2.51. The fourth-order valence-electron chi connectivity index (χ4n) is 4.55. The number of carbonyl (C=O) groups is 1. The molecule has 2 aliphatic heterocycles. The summed E-state index contributed by atoms with van der Waals surface area (Å²) >= 11 is 0. The quantitative estimate of drug-likeness (QED) is 0.830. The molecule has 2 N–H and O–H groups in total. The van der Waals surface area contributed by atoms with Gasteiger partial charge in [-0.1, -0.05) is 0 Å². The van der Waals surface area contributed by atoms with Crippen LogP contribution in [0.2, 0.25) is 0 Å². The van der Waals surface area contributed by atoms with Crippen LogP contribution in [-0.2, 0) is 11.0 Å². The summed E-state index contributed by atoms with van der Waals surface area (Å²) < 4.78 is 40.1. The number of alkyl halides is 3. The number of rotatable bonds is 3. The molecule has 0 bridgehead atoms. The van der Waals surface area contributed by atoms with Crippen LogP contribution >= 0.6 is 0 Å². The monoisotopic (exact) mass is 392 g/mol. The molecule has 2 heterocycles. The van der Waals surface area contributed by atoms with Gasteiger partial charge in [-0.05, 0) is 57.0 Å². The Morgan fingerprint density at radius 3 is 2.61 bits per heavy atom. The summed E-state index contributed by atoms with van der Waals surface area (Å²) in [5, 5.41) is 15.4. The Morgan fingerprint density at radius 2 is 2.00 bits per heavy atom. The zero-order valence-corrected chi connectivity index (χ0v) is 15.5. The molecule has 3 aliphatic rings. The number of nitrogens with zero attached hydrogens (tertiary/aromatic N) is 2. The van der Waals surface area contributed by atoms with E-state index in [4.69, 9.17) is 5.26 Å². The molecule has 1 saturated carbocycles. The number of nitrogens with one attached hydrogen (secondary N) is 2. The molecular weight excluding hydrogens is 369 g/mol. The Hall–Kier alpha value is -2.27. The number of benzene rings is 1. The fraction of sp³-hybridized carbons (Fsp3) is 0.600. The molecule has 0 radical (unpaired) electrons. The minimum atomic E-state index is -4.59. The topological polar surface area (TPSA) is 68.2 Å². The summed E-state index contributed by atoms with van der Waals surface area (Å²) in [6.07, 6.45) is -0.929. The molecule has 1 amide bonds. The van der Waals surface area contributed by atoms with Gasteiger partial charge in [-0.25, -0.2) is 0 Å². The van der Waals surface area contributed by atoms with E-state index in [-0.39, 0.29) is 28.8 Å². The molecule has 1 atom stereocenters. The van der Waals surface area contributed by atoms with Gasteiger partial charge in [-0.2, -0.15) is 18.4 Å². The molecule has 5 nitrogen and oxygen atoms in total. The smallest absolute Gasteiger partial charge is 0.370 e. The van der Waals surface area contributed by atoms with Gasteiger partial charge in [0.15, 0.2) is 0 Å². The van der Waals surface area contributed by atoms with Crippen LogP contribution in [0.5, 0.6) is 0 Å². The third-order valence-corrected chi connectivity index (χ3v) is 6.28. The van der Waals surface area contributed by atoms with Crippen molar-refractivity contribution >= 4 is 11.6 Å². The van der Waals surface area contributed by atoms with E-state index in [1.807, 2.05) is 4.90 Å². The maximum atomic E-state index is 13.4. The van der Waals surface area contributed by atoms with E-state index in [0.29, 0.717) is 18.8 Å². The second-order valence-electron chi connectivity index (χ2n) is 8.17. The van der Waals surface area contributed by atoms with E-state index in [9.17, 15) is 18.0 Å². The molecule has 4 rings (SSSR count). The van der Waals surface area contributed by atoms with Crippen molar-refractivity contribution in [2.45, 2.75) is 37.9 Å². The average molecular weight is 392 g/mol. The number of piperidine rings is 1. The predicted octanol–water partition coefficient (Wildman–Crippen LogP) is 2.66. The van der Waals surface area contributed by atoms with Crippen molar-refractivity contribution in [1.82, 2.24) is 10.6 Å². The van der Waals surface area contributed by atoms with Crippen molar-refractivity contribution in [3.63, 3.8) is 0 Å². The maximum absolute atomic E-state index is 13.4. The maximum Gasteiger partial charge on any atom is 0.417 e. The van der Waals surface area contributed by atoms with Crippen LogP contribution in [0, 0.1) is 22.7 Å². The van der Waals surface area contributed by atoms with Gasteiger partial charge in [0.05, 0.1) is 23.1 Å². The van der Waals surface area contributed by atoms with Crippen LogP contribution in [0.1, 0.15) is 36.8 Å². The lowest BCUT2D eigenvalue weighted by Crippen LogP contribution is -2.47. The molecule has 1 aromatic carbocycles. The molecule has 3 fully saturated rings. The number of amides is 1. The van der Waals surface area contributed by atoms with Gasteiger partial charge in [0.25, 0.3) is 0 Å². The number of hydrogen-bond donors (Lipinski definition) is 2. The average Bonchev–Trinajstić information content (AvgIpc) is 3.41. The Kier molecular flexibility index (Phi) is 4.74. The number of nitriles is 1. The number of carbonyl (C=O) groups excluding carboxylic acids is 1. The van der Waals surface area contributed by atoms with Crippen molar-refractivity contribution in [2.75, 3.05) is 31.1 Å². The van der Waals surface area contributed by atoms with Crippen molar-refractivity contribution < 1.29 is 18.0 Å². The molecule has 1 unspecified atom stereocenters. The highest BCUT2D eigenvalue weighted by molar-refractivity contribution is 5.82. The van der Waals surface area contributed by atoms with Crippen LogP contribution in [0.4, 0.5) is 18.9 Å². The van der Waals surface area contributed by atoms with Crippen LogP contribution in [0.25, 0.3) is 0 Å². The number of halogens is 3. The molecule has 1 aliphatic carbocycles. The fourth-order valence-corrected chi connectivity index (χ4v) is 4.55. The van der Waals surface area contributed by atoms with Crippen molar-refractivity contribution in [1.29, 1.82) is 5.26 Å². The van der Waals surface area contributed by atoms with Gasteiger partial charge in [-0.3, -0.25) is 4.79 Å². The Morgan fingerprint density at radius 1 is 1.29 bits per heavy atom. The van der Waals surface area contributed by atoms with E-state index in [1.165, 1.54) is 6.07 Å². The van der Waals surface area contributed by atoms with Gasteiger partial charge in [0.2, 0.25) is 5.91 Å². The second-order valence-corrected chi connectivity index (χ2v) is 8.17. The van der Waals surface area contributed by atoms with Crippen LogP contribution in [-0.4, -0.2) is 38.1 Å². The minimum absolute atomic E-state index is 0.0246. The number of hydrogen-bond acceptors (Lipinski definition) is 4. The first-order valence-corrected chi connectivity index (χ1v) is 9.70. The lowest BCUT2D eigenvalue weighted by molar-refractivity contribution is -0.137. The molecular formula is C20H23F3N4O. The summed E-state index contributed by atoms with van der Waals surface area (Å²) in [7, 11) is 0. The third kappa shape index (κ3) is 3.55. The Labute approximate surface area is 161 Å². The van der Waals surface area contributed by atoms with E-state index in [1.54, 1.807) is 12.1 Å².